The van der Waals surface area contributed by atoms with Gasteiger partial charge in [0, 0.05) is 39.4 Å². The predicted molar refractivity (Wildman–Crippen MR) is 230 cm³/mol. The Morgan fingerprint density at radius 1 is 0.574 bits per heavy atom. The monoisotopic (exact) mass is 918 g/mol. The van der Waals surface area contributed by atoms with Crippen LogP contribution < -0.4 is 20.1 Å². The third kappa shape index (κ3) is 16.3. The number of benzene rings is 5. The van der Waals surface area contributed by atoms with E-state index >= 15 is 0 Å². The van der Waals surface area contributed by atoms with Gasteiger partial charge in [-0.15, -0.1) is 0 Å². The predicted octanol–water partition coefficient (Wildman–Crippen LogP) is 10.1. The van der Waals surface area contributed by atoms with Gasteiger partial charge >= 0.3 is 12.1 Å². The lowest BCUT2D eigenvalue weighted by atomic mass is 9.97. The van der Waals surface area contributed by atoms with Gasteiger partial charge in [-0.1, -0.05) is 151 Å². The number of rotatable bonds is 17. The number of Topliss-reactive ketones (excluding diaryl/α,β-unsaturated/α-hetero) is 1. The quantitative estimate of drug-likeness (QED) is 0.0847. The average molecular weight is 921 g/mol. The van der Waals surface area contributed by atoms with Crippen molar-refractivity contribution >= 4 is 70.0 Å². The van der Waals surface area contributed by atoms with Crippen molar-refractivity contribution in [3.05, 3.63) is 164 Å². The minimum Gasteiger partial charge on any atom is -0.480 e. The molecule has 3 N–H and O–H groups in total. The zero-order valence-corrected chi connectivity index (χ0v) is 35.7. The molecule has 5 rings (SSSR count). The van der Waals surface area contributed by atoms with Gasteiger partial charge in [0.05, 0.1) is 6.04 Å². The Balaban J connectivity index is 0.000000341. The zero-order chi connectivity index (χ0) is 44.7. The van der Waals surface area contributed by atoms with Crippen LogP contribution in [0.25, 0.3) is 0 Å². The Morgan fingerprint density at radius 3 is 1.33 bits per heavy atom. The first kappa shape index (κ1) is 48.4. The molecule has 322 valence electrons. The van der Waals surface area contributed by atoms with Gasteiger partial charge in [-0.2, -0.15) is 13.2 Å². The molecule has 5 aromatic carbocycles. The molecular weight excluding hydrogens is 879 g/mol. The van der Waals surface area contributed by atoms with E-state index in [2.05, 4.69) is 10.6 Å². The minimum atomic E-state index is -5.15. The number of carbonyl (C=O) groups excluding carboxylic acids is 3. The van der Waals surface area contributed by atoms with Gasteiger partial charge in [0.2, 0.25) is 5.91 Å². The lowest BCUT2D eigenvalue weighted by Crippen LogP contribution is -2.57. The maximum Gasteiger partial charge on any atom is 0.452 e. The standard InChI is InChI=1S/C30H29Cl2F3N2O4.C15H12Cl2O3/c1-18(2)26(27(38)30(33,34)35)37-28(39)24(13-19-9-5-3-6-10-19)36-29(40)25(14-20-11-7-4-8-12-20)41-23-16-21(31)15-22(32)17-23;16-11-7-12(17)9-13(8-11)20-14(15(18)19)6-10-4-2-1-3-5-10/h3-12,15-18,24-26H,13-14H2,1-2H3,(H,36,40)(H,37,39);1-5,7-9,14H,6H2,(H,18,19)/t24-,25+,26-;14-/m01/s1. The fourth-order valence-electron chi connectivity index (χ4n) is 5.83. The number of amides is 2. The first-order valence-electron chi connectivity index (χ1n) is 18.7. The van der Waals surface area contributed by atoms with Crippen molar-refractivity contribution in [1.82, 2.24) is 10.6 Å². The summed E-state index contributed by atoms with van der Waals surface area (Å²) in [4.78, 5) is 50.3. The van der Waals surface area contributed by atoms with Crippen molar-refractivity contribution in [1.29, 1.82) is 0 Å². The van der Waals surface area contributed by atoms with Gasteiger partial charge in [-0.25, -0.2) is 4.79 Å². The number of halogens is 7. The molecule has 2 amide bonds. The fourth-order valence-corrected chi connectivity index (χ4v) is 6.85. The van der Waals surface area contributed by atoms with E-state index in [0.29, 0.717) is 21.4 Å². The van der Waals surface area contributed by atoms with Crippen molar-refractivity contribution in [3.8, 4) is 11.5 Å². The van der Waals surface area contributed by atoms with Crippen LogP contribution in [0.5, 0.6) is 11.5 Å². The van der Waals surface area contributed by atoms with Crippen LogP contribution in [-0.2, 0) is 38.4 Å². The van der Waals surface area contributed by atoms with Gasteiger partial charge in [-0.3, -0.25) is 14.4 Å². The van der Waals surface area contributed by atoms with E-state index in [1.807, 2.05) is 36.4 Å². The molecule has 0 aromatic heterocycles. The number of ether oxygens (including phenoxy) is 2. The molecule has 0 saturated heterocycles. The number of carbonyl (C=O) groups is 4. The van der Waals surface area contributed by atoms with Gasteiger partial charge in [0.1, 0.15) is 17.5 Å². The Bertz CT molecular complexity index is 2190. The Hall–Kier alpha value is -5.27. The number of hydrogen-bond donors (Lipinski definition) is 3. The van der Waals surface area contributed by atoms with Crippen molar-refractivity contribution in [2.45, 2.75) is 63.6 Å². The number of ketones is 1. The number of alkyl halides is 3. The maximum absolute atomic E-state index is 13.6. The van der Waals surface area contributed by atoms with Crippen LogP contribution in [-0.4, -0.2) is 59.1 Å². The molecule has 0 fully saturated rings. The summed E-state index contributed by atoms with van der Waals surface area (Å²) < 4.78 is 51.1. The molecule has 0 aliphatic carbocycles. The van der Waals surface area contributed by atoms with Gasteiger partial charge in [0.15, 0.2) is 12.2 Å². The first-order valence-corrected chi connectivity index (χ1v) is 20.2. The lowest BCUT2D eigenvalue weighted by Gasteiger charge is -2.27. The van der Waals surface area contributed by atoms with Crippen LogP contribution in [0.3, 0.4) is 0 Å². The third-order valence-corrected chi connectivity index (χ3v) is 9.64. The van der Waals surface area contributed by atoms with E-state index < -0.39 is 60.0 Å². The zero-order valence-electron chi connectivity index (χ0n) is 32.7. The molecule has 61 heavy (non-hydrogen) atoms. The van der Waals surface area contributed by atoms with Crippen LogP contribution in [0.2, 0.25) is 20.1 Å². The van der Waals surface area contributed by atoms with Crippen LogP contribution in [0.4, 0.5) is 13.2 Å². The van der Waals surface area contributed by atoms with Crippen LogP contribution in [0.15, 0.2) is 127 Å². The van der Waals surface area contributed by atoms with E-state index in [1.54, 1.807) is 60.7 Å². The van der Waals surface area contributed by atoms with Crippen LogP contribution in [0.1, 0.15) is 30.5 Å². The summed E-state index contributed by atoms with van der Waals surface area (Å²) in [6.45, 7) is 2.78. The van der Waals surface area contributed by atoms with E-state index in [0.717, 1.165) is 11.1 Å². The number of hydrogen-bond acceptors (Lipinski definition) is 6. The second kappa shape index (κ2) is 23.1. The molecule has 0 bridgehead atoms. The molecule has 0 aliphatic rings. The minimum absolute atomic E-state index is 0.0511. The largest absolute Gasteiger partial charge is 0.480 e. The molecule has 9 nitrogen and oxygen atoms in total. The molecule has 4 atom stereocenters. The molecule has 16 heteroatoms. The van der Waals surface area contributed by atoms with E-state index in [1.165, 1.54) is 44.2 Å². The highest BCUT2D eigenvalue weighted by Crippen LogP contribution is 2.27. The molecule has 0 unspecified atom stereocenters. The average Bonchev–Trinajstić information content (AvgIpc) is 3.19. The van der Waals surface area contributed by atoms with Crippen molar-refractivity contribution in [2.75, 3.05) is 0 Å². The third-order valence-electron chi connectivity index (χ3n) is 8.77. The normalized spacial score (nSPS) is 13.1. The first-order chi connectivity index (χ1) is 28.9. The molecular formula is C45H41Cl4F3N2O7. The van der Waals surface area contributed by atoms with Crippen LogP contribution >= 0.6 is 46.4 Å². The topological polar surface area (TPSA) is 131 Å². The molecule has 0 heterocycles. The summed E-state index contributed by atoms with van der Waals surface area (Å²) in [5.41, 5.74) is 2.27. The number of carboxylic acids is 1. The molecule has 0 aliphatic heterocycles. The molecule has 5 aromatic rings. The van der Waals surface area contributed by atoms with E-state index in [-0.39, 0.29) is 35.1 Å². The number of nitrogens with one attached hydrogen (secondary N) is 2. The van der Waals surface area contributed by atoms with Crippen molar-refractivity contribution in [3.63, 3.8) is 0 Å². The highest BCUT2D eigenvalue weighted by atomic mass is 35.5. The van der Waals surface area contributed by atoms with Crippen molar-refractivity contribution in [2.24, 2.45) is 5.92 Å². The Labute approximate surface area is 371 Å². The second-order valence-corrected chi connectivity index (χ2v) is 15.7. The number of carboxylic acid groups (broad SMARTS) is 1. The molecule has 0 saturated carbocycles. The Kier molecular flexibility index (Phi) is 18.3. The second-order valence-electron chi connectivity index (χ2n) is 14.0. The van der Waals surface area contributed by atoms with Crippen LogP contribution in [0, 0.1) is 5.92 Å². The maximum atomic E-state index is 13.6. The SMILES string of the molecule is CC(C)[C@H](NC(=O)[C@H](Cc1ccccc1)NC(=O)[C@@H](Cc1ccccc1)Oc1cc(Cl)cc(Cl)c1)C(=O)C(F)(F)F.O=C(O)[C@@H](Cc1ccccc1)Oc1cc(Cl)cc(Cl)c1. The van der Waals surface area contributed by atoms with E-state index in [9.17, 15) is 37.5 Å². The summed E-state index contributed by atoms with van der Waals surface area (Å²) in [5.74, 6) is -5.07. The summed E-state index contributed by atoms with van der Waals surface area (Å²) in [7, 11) is 0. The van der Waals surface area contributed by atoms with Gasteiger partial charge in [-0.05, 0) is 59.0 Å². The summed E-state index contributed by atoms with van der Waals surface area (Å²) in [6, 6.07) is 32.8. The Morgan fingerprint density at radius 2 is 0.951 bits per heavy atom. The summed E-state index contributed by atoms with van der Waals surface area (Å²) in [6.07, 6.45) is -7.00. The van der Waals surface area contributed by atoms with E-state index in [4.69, 9.17) is 55.9 Å². The number of aliphatic carboxylic acids is 1. The highest BCUT2D eigenvalue weighted by molar-refractivity contribution is 6.35. The lowest BCUT2D eigenvalue weighted by molar-refractivity contribution is -0.175. The summed E-state index contributed by atoms with van der Waals surface area (Å²) >= 11 is 23.9. The fraction of sp³-hybridized carbons (Fsp3) is 0.244. The molecule has 0 radical (unpaired) electrons. The smallest absolute Gasteiger partial charge is 0.452 e. The highest BCUT2D eigenvalue weighted by Gasteiger charge is 2.45. The molecule has 0 spiro atoms. The van der Waals surface area contributed by atoms with Gasteiger partial charge in [0.25, 0.3) is 11.7 Å². The van der Waals surface area contributed by atoms with Gasteiger partial charge < -0.3 is 25.2 Å². The van der Waals surface area contributed by atoms with Crippen molar-refractivity contribution < 1.29 is 46.9 Å². The summed E-state index contributed by atoms with van der Waals surface area (Å²) in [5, 5.41) is 15.4.